The summed E-state index contributed by atoms with van der Waals surface area (Å²) in [7, 11) is 0. The lowest BCUT2D eigenvalue weighted by Crippen LogP contribution is -2.57. The minimum atomic E-state index is -1.29. The lowest BCUT2D eigenvalue weighted by atomic mass is 10.0. The molecule has 2 heterocycles. The van der Waals surface area contributed by atoms with Gasteiger partial charge in [-0.1, -0.05) is 18.2 Å². The first kappa shape index (κ1) is 28.0. The molecule has 8 N–H and O–H groups in total. The van der Waals surface area contributed by atoms with Gasteiger partial charge < -0.3 is 37.1 Å². The van der Waals surface area contributed by atoms with Crippen LogP contribution in [0.1, 0.15) is 31.2 Å². The van der Waals surface area contributed by atoms with Gasteiger partial charge in [0.2, 0.25) is 23.6 Å². The minimum Gasteiger partial charge on any atom is -0.480 e. The van der Waals surface area contributed by atoms with Crippen molar-refractivity contribution in [3.63, 3.8) is 0 Å². The molecule has 4 amide bonds. The number of para-hydroxylation sites is 1. The number of hydrogen-bond donors (Lipinski definition) is 8. The van der Waals surface area contributed by atoms with Crippen molar-refractivity contribution in [3.05, 3.63) is 36.0 Å². The first-order valence-corrected chi connectivity index (χ1v) is 12.6. The molecule has 0 saturated carbocycles. The first-order chi connectivity index (χ1) is 17.7. The molecule has 0 radical (unpaired) electrons. The highest BCUT2D eigenvalue weighted by Crippen LogP contribution is 2.19. The monoisotopic (exact) mass is 532 g/mol. The topological polar surface area (TPSA) is 196 Å². The van der Waals surface area contributed by atoms with Crippen LogP contribution in [-0.4, -0.2) is 76.2 Å². The van der Waals surface area contributed by atoms with Crippen molar-refractivity contribution in [1.82, 2.24) is 26.3 Å². The molecular formula is C24H32N6O6S. The van der Waals surface area contributed by atoms with Crippen LogP contribution in [0.15, 0.2) is 30.5 Å². The predicted octanol–water partition coefficient (Wildman–Crippen LogP) is -0.803. The van der Waals surface area contributed by atoms with Gasteiger partial charge >= 0.3 is 5.97 Å². The van der Waals surface area contributed by atoms with Gasteiger partial charge in [-0.25, -0.2) is 4.79 Å². The third-order valence-corrected chi connectivity index (χ3v) is 6.58. The van der Waals surface area contributed by atoms with Crippen molar-refractivity contribution in [3.8, 4) is 0 Å². The number of hydrogen-bond acceptors (Lipinski definition) is 7. The highest BCUT2D eigenvalue weighted by Gasteiger charge is 2.32. The van der Waals surface area contributed by atoms with Gasteiger partial charge in [0, 0.05) is 35.7 Å². The molecule has 1 aliphatic heterocycles. The predicted molar refractivity (Wildman–Crippen MR) is 139 cm³/mol. The summed E-state index contributed by atoms with van der Waals surface area (Å²) >= 11 is 3.93. The quantitative estimate of drug-likeness (QED) is 0.155. The van der Waals surface area contributed by atoms with Gasteiger partial charge in [-0.15, -0.1) is 0 Å². The average Bonchev–Trinajstić information content (AvgIpc) is 3.55. The number of amides is 4. The molecule has 200 valence electrons. The number of fused-ring (bicyclic) bond motifs is 1. The van der Waals surface area contributed by atoms with Crippen LogP contribution < -0.4 is 27.0 Å². The summed E-state index contributed by atoms with van der Waals surface area (Å²) in [5, 5.41) is 20.9. The van der Waals surface area contributed by atoms with Crippen LogP contribution in [0.2, 0.25) is 0 Å². The Morgan fingerprint density at radius 3 is 2.41 bits per heavy atom. The number of H-pyrrole nitrogens is 1. The summed E-state index contributed by atoms with van der Waals surface area (Å²) in [6.07, 6.45) is 2.99. The Labute approximate surface area is 218 Å². The lowest BCUT2D eigenvalue weighted by Gasteiger charge is -2.25. The van der Waals surface area contributed by atoms with Gasteiger partial charge in [0.25, 0.3) is 0 Å². The van der Waals surface area contributed by atoms with Crippen LogP contribution in [0, 0.1) is 0 Å². The molecule has 4 atom stereocenters. The van der Waals surface area contributed by atoms with Crippen LogP contribution in [-0.2, 0) is 30.4 Å². The van der Waals surface area contributed by atoms with E-state index < -0.39 is 47.9 Å². The third-order valence-electron chi connectivity index (χ3n) is 6.22. The zero-order chi connectivity index (χ0) is 26.9. The summed E-state index contributed by atoms with van der Waals surface area (Å²) in [6, 6.07) is 3.49. The highest BCUT2D eigenvalue weighted by atomic mass is 32.1. The van der Waals surface area contributed by atoms with Crippen molar-refractivity contribution in [2.45, 2.75) is 56.3 Å². The molecular weight excluding hydrogens is 500 g/mol. The number of carboxylic acids is 1. The molecule has 0 bridgehead atoms. The Morgan fingerprint density at radius 2 is 1.76 bits per heavy atom. The minimum absolute atomic E-state index is 0.132. The van der Waals surface area contributed by atoms with Crippen LogP contribution in [0.3, 0.4) is 0 Å². The summed E-state index contributed by atoms with van der Waals surface area (Å²) < 4.78 is 0. The number of benzene rings is 1. The number of rotatable bonds is 13. The maximum absolute atomic E-state index is 13.4. The molecule has 37 heavy (non-hydrogen) atoms. The molecule has 0 spiro atoms. The molecule has 1 aromatic carbocycles. The fourth-order valence-electron chi connectivity index (χ4n) is 4.20. The van der Waals surface area contributed by atoms with Gasteiger partial charge in [-0.05, 0) is 37.4 Å². The summed E-state index contributed by atoms with van der Waals surface area (Å²) in [4.78, 5) is 65.0. The smallest absolute Gasteiger partial charge is 0.327 e. The molecule has 0 aliphatic carbocycles. The standard InChI is InChI=1S/C24H32N6O6S/c25-20(31)8-7-17(22(33)30-19(12-37)24(35)36)28-23(34)18(29-21(32)16-6-3-9-26-16)10-13-11-27-15-5-2-1-4-14(13)15/h1-2,4-5,11,16-19,26-27,37H,3,6-10,12H2,(H2,25,31)(H,28,34)(H,29,32)(H,30,33)(H,35,36). The Kier molecular flexibility index (Phi) is 9.92. The fraction of sp³-hybridized carbons (Fsp3) is 0.458. The molecule has 12 nitrogen and oxygen atoms in total. The van der Waals surface area contributed by atoms with Gasteiger partial charge in [0.15, 0.2) is 0 Å². The molecule has 4 unspecified atom stereocenters. The summed E-state index contributed by atoms with van der Waals surface area (Å²) in [5.74, 6) is -3.95. The van der Waals surface area contributed by atoms with E-state index in [2.05, 4.69) is 38.9 Å². The lowest BCUT2D eigenvalue weighted by molar-refractivity contribution is -0.141. The van der Waals surface area contributed by atoms with E-state index in [1.54, 1.807) is 6.20 Å². The second kappa shape index (κ2) is 13.1. The van der Waals surface area contributed by atoms with E-state index in [-0.39, 0.29) is 30.9 Å². The number of aliphatic carboxylic acids is 1. The number of aromatic nitrogens is 1. The van der Waals surface area contributed by atoms with Crippen molar-refractivity contribution >= 4 is 53.1 Å². The molecule has 1 aromatic heterocycles. The first-order valence-electron chi connectivity index (χ1n) is 12.0. The van der Waals surface area contributed by atoms with E-state index in [0.29, 0.717) is 13.0 Å². The van der Waals surface area contributed by atoms with Crippen LogP contribution in [0.25, 0.3) is 10.9 Å². The average molecular weight is 533 g/mol. The van der Waals surface area contributed by atoms with Gasteiger partial charge in [-0.3, -0.25) is 19.2 Å². The van der Waals surface area contributed by atoms with Gasteiger partial charge in [0.1, 0.15) is 18.1 Å². The maximum Gasteiger partial charge on any atom is 0.327 e. The zero-order valence-electron chi connectivity index (χ0n) is 20.2. The third kappa shape index (κ3) is 7.70. The Bertz CT molecular complexity index is 1150. The summed E-state index contributed by atoms with van der Waals surface area (Å²) in [6.45, 7) is 0.697. The molecule has 1 saturated heterocycles. The second-order valence-corrected chi connectivity index (χ2v) is 9.29. The van der Waals surface area contributed by atoms with Crippen molar-refractivity contribution in [1.29, 1.82) is 0 Å². The van der Waals surface area contributed by atoms with E-state index in [4.69, 9.17) is 5.73 Å². The molecule has 13 heteroatoms. The van der Waals surface area contributed by atoms with E-state index >= 15 is 0 Å². The van der Waals surface area contributed by atoms with E-state index in [1.807, 2.05) is 24.3 Å². The number of carbonyl (C=O) groups is 5. The van der Waals surface area contributed by atoms with E-state index in [1.165, 1.54) is 0 Å². The van der Waals surface area contributed by atoms with Crippen molar-refractivity contribution < 1.29 is 29.1 Å². The van der Waals surface area contributed by atoms with Crippen LogP contribution >= 0.6 is 12.6 Å². The van der Waals surface area contributed by atoms with Crippen molar-refractivity contribution in [2.75, 3.05) is 12.3 Å². The van der Waals surface area contributed by atoms with Crippen molar-refractivity contribution in [2.24, 2.45) is 5.73 Å². The molecule has 1 aliphatic rings. The number of aromatic amines is 1. The number of thiol groups is 1. The highest BCUT2D eigenvalue weighted by molar-refractivity contribution is 7.80. The van der Waals surface area contributed by atoms with E-state index in [0.717, 1.165) is 22.9 Å². The Morgan fingerprint density at radius 1 is 1.05 bits per heavy atom. The zero-order valence-corrected chi connectivity index (χ0v) is 21.1. The number of nitrogens with two attached hydrogens (primary N) is 1. The molecule has 2 aromatic rings. The molecule has 1 fully saturated rings. The Hall–Kier alpha value is -3.58. The number of carbonyl (C=O) groups excluding carboxylic acids is 4. The summed E-state index contributed by atoms with van der Waals surface area (Å²) in [5.41, 5.74) is 6.88. The number of carboxylic acid groups (broad SMARTS) is 1. The Balaban J connectivity index is 1.81. The number of primary amides is 1. The van der Waals surface area contributed by atoms with Crippen LogP contribution in [0.5, 0.6) is 0 Å². The SMILES string of the molecule is NC(=O)CCC(NC(=O)C(Cc1c[nH]c2ccccc12)NC(=O)C1CCCN1)C(=O)NC(CS)C(=O)O. The van der Waals surface area contributed by atoms with E-state index in [9.17, 15) is 29.1 Å². The number of nitrogens with one attached hydrogen (secondary N) is 5. The largest absolute Gasteiger partial charge is 0.480 e. The normalized spacial score (nSPS) is 17.5. The fourth-order valence-corrected chi connectivity index (χ4v) is 4.44. The second-order valence-electron chi connectivity index (χ2n) is 8.92. The van der Waals surface area contributed by atoms with Gasteiger partial charge in [-0.2, -0.15) is 12.6 Å². The van der Waals surface area contributed by atoms with Gasteiger partial charge in [0.05, 0.1) is 6.04 Å². The van der Waals surface area contributed by atoms with Crippen LogP contribution in [0.4, 0.5) is 0 Å². The maximum atomic E-state index is 13.4. The molecule has 3 rings (SSSR count).